The highest BCUT2D eigenvalue weighted by Crippen LogP contribution is 2.27. The first-order valence-corrected chi connectivity index (χ1v) is 10.5. The molecule has 1 fully saturated rings. The van der Waals surface area contributed by atoms with E-state index in [1.165, 1.54) is 10.2 Å². The van der Waals surface area contributed by atoms with Crippen molar-refractivity contribution in [2.75, 3.05) is 26.3 Å². The van der Waals surface area contributed by atoms with Crippen LogP contribution in [0.3, 0.4) is 0 Å². The number of ether oxygens (including phenoxy) is 1. The van der Waals surface area contributed by atoms with Gasteiger partial charge in [-0.2, -0.15) is 5.10 Å². The van der Waals surface area contributed by atoms with Gasteiger partial charge in [-0.3, -0.25) is 9.59 Å². The summed E-state index contributed by atoms with van der Waals surface area (Å²) in [6, 6.07) is 16.2. The van der Waals surface area contributed by atoms with Gasteiger partial charge in [0.25, 0.3) is 5.56 Å². The zero-order valence-corrected chi connectivity index (χ0v) is 17.5. The van der Waals surface area contributed by atoms with Crippen LogP contribution in [0.15, 0.2) is 59.5 Å². The third-order valence-corrected chi connectivity index (χ3v) is 6.01. The van der Waals surface area contributed by atoms with Crippen molar-refractivity contribution in [1.29, 1.82) is 0 Å². The van der Waals surface area contributed by atoms with Crippen molar-refractivity contribution in [3.05, 3.63) is 76.2 Å². The molecule has 0 unspecified atom stereocenters. The molecule has 31 heavy (non-hydrogen) atoms. The van der Waals surface area contributed by atoms with E-state index in [1.54, 1.807) is 11.1 Å². The van der Waals surface area contributed by atoms with E-state index < -0.39 is 0 Å². The number of hydrogen-bond donors (Lipinski definition) is 0. The molecule has 0 saturated carbocycles. The summed E-state index contributed by atoms with van der Waals surface area (Å²) in [6.45, 7) is 4.72. The number of morpholine rings is 1. The van der Waals surface area contributed by atoms with Gasteiger partial charge in [-0.05, 0) is 24.1 Å². The summed E-state index contributed by atoms with van der Waals surface area (Å²) in [5.74, 6) is -0.112. The normalized spacial score (nSPS) is 14.4. The van der Waals surface area contributed by atoms with E-state index in [2.05, 4.69) is 24.2 Å². The van der Waals surface area contributed by atoms with Crippen LogP contribution < -0.4 is 5.56 Å². The minimum Gasteiger partial charge on any atom is -0.378 e. The first-order valence-electron chi connectivity index (χ1n) is 10.5. The molecule has 5 rings (SSSR count). The molecule has 0 bridgehead atoms. The van der Waals surface area contributed by atoms with Crippen molar-refractivity contribution in [3.63, 3.8) is 0 Å². The van der Waals surface area contributed by atoms with Gasteiger partial charge >= 0.3 is 0 Å². The quantitative estimate of drug-likeness (QED) is 0.513. The van der Waals surface area contributed by atoms with Gasteiger partial charge in [-0.15, -0.1) is 0 Å². The Hall–Kier alpha value is -3.45. The number of carbonyl (C=O) groups is 1. The molecule has 0 spiro atoms. The van der Waals surface area contributed by atoms with Crippen molar-refractivity contribution >= 4 is 27.7 Å². The van der Waals surface area contributed by atoms with E-state index in [0.717, 1.165) is 21.9 Å². The predicted octanol–water partition coefficient (Wildman–Crippen LogP) is 2.57. The molecule has 4 aromatic rings. The molecule has 2 aromatic heterocycles. The first kappa shape index (κ1) is 19.5. The Morgan fingerprint density at radius 2 is 1.77 bits per heavy atom. The highest BCUT2D eigenvalue weighted by molar-refractivity contribution is 6.07. The molecule has 7 heteroatoms. The van der Waals surface area contributed by atoms with Crippen LogP contribution in [0.1, 0.15) is 11.1 Å². The second-order valence-electron chi connectivity index (χ2n) is 7.89. The predicted molar refractivity (Wildman–Crippen MR) is 119 cm³/mol. The van der Waals surface area contributed by atoms with Gasteiger partial charge in [0.2, 0.25) is 5.91 Å². The Labute approximate surface area is 179 Å². The van der Waals surface area contributed by atoms with Crippen LogP contribution in [-0.4, -0.2) is 51.5 Å². The lowest BCUT2D eigenvalue weighted by Gasteiger charge is -2.26. The minimum absolute atomic E-state index is 0.0688. The lowest BCUT2D eigenvalue weighted by Crippen LogP contribution is -2.43. The Kier molecular flexibility index (Phi) is 5.03. The van der Waals surface area contributed by atoms with Gasteiger partial charge in [-0.1, -0.05) is 42.5 Å². The summed E-state index contributed by atoms with van der Waals surface area (Å²) in [7, 11) is 0. The summed E-state index contributed by atoms with van der Waals surface area (Å²) in [5.41, 5.74) is 3.64. The largest absolute Gasteiger partial charge is 0.378 e. The standard InChI is InChI=1S/C24H24N4O3/c1-17-6-2-3-7-18(17)15-27-21-9-5-4-8-19(21)20-14-25-28(24(30)23(20)27)16-22(29)26-10-12-31-13-11-26/h2-9,14H,10-13,15-16H2,1H3. The molecule has 0 N–H and O–H groups in total. The number of para-hydroxylation sites is 1. The molecule has 1 amide bonds. The van der Waals surface area contributed by atoms with Gasteiger partial charge in [0.05, 0.1) is 19.4 Å². The third kappa shape index (κ3) is 3.51. The summed E-state index contributed by atoms with van der Waals surface area (Å²) in [6.07, 6.45) is 1.71. The van der Waals surface area contributed by atoms with Crippen molar-refractivity contribution in [3.8, 4) is 0 Å². The molecule has 7 nitrogen and oxygen atoms in total. The molecule has 1 aliphatic heterocycles. The van der Waals surface area contributed by atoms with Crippen LogP contribution in [0.25, 0.3) is 21.8 Å². The van der Waals surface area contributed by atoms with Gasteiger partial charge in [0.1, 0.15) is 12.1 Å². The number of rotatable bonds is 4. The van der Waals surface area contributed by atoms with Crippen LogP contribution >= 0.6 is 0 Å². The maximum absolute atomic E-state index is 13.5. The molecule has 2 aromatic carbocycles. The molecule has 1 aliphatic rings. The SMILES string of the molecule is Cc1ccccc1Cn1c2ccccc2c2cnn(CC(=O)N3CCOCC3)c(=O)c21. The van der Waals surface area contributed by atoms with Crippen LogP contribution in [-0.2, 0) is 22.6 Å². The van der Waals surface area contributed by atoms with Gasteiger partial charge in [-0.25, -0.2) is 4.68 Å². The number of carbonyl (C=O) groups excluding carboxylic acids is 1. The number of nitrogens with zero attached hydrogens (tertiary/aromatic N) is 4. The zero-order chi connectivity index (χ0) is 21.4. The Bertz CT molecular complexity index is 1330. The van der Waals surface area contributed by atoms with Crippen LogP contribution in [0.2, 0.25) is 0 Å². The molecule has 158 valence electrons. The number of aromatic nitrogens is 3. The lowest BCUT2D eigenvalue weighted by atomic mass is 10.1. The molecule has 0 radical (unpaired) electrons. The second-order valence-corrected chi connectivity index (χ2v) is 7.89. The van der Waals surface area contributed by atoms with E-state index >= 15 is 0 Å². The molecule has 0 atom stereocenters. The molecule has 0 aliphatic carbocycles. The van der Waals surface area contributed by atoms with E-state index in [-0.39, 0.29) is 18.0 Å². The minimum atomic E-state index is -0.246. The molecular formula is C24H24N4O3. The van der Waals surface area contributed by atoms with Crippen molar-refractivity contribution in [2.45, 2.75) is 20.0 Å². The number of fused-ring (bicyclic) bond motifs is 3. The van der Waals surface area contributed by atoms with Crippen LogP contribution in [0.4, 0.5) is 0 Å². The summed E-state index contributed by atoms with van der Waals surface area (Å²) < 4.78 is 8.65. The fourth-order valence-corrected chi connectivity index (χ4v) is 4.27. The Morgan fingerprint density at radius 1 is 1.03 bits per heavy atom. The van der Waals surface area contributed by atoms with Crippen molar-refractivity contribution < 1.29 is 9.53 Å². The van der Waals surface area contributed by atoms with Gasteiger partial charge in [0, 0.05) is 35.9 Å². The van der Waals surface area contributed by atoms with E-state index in [4.69, 9.17) is 4.74 Å². The van der Waals surface area contributed by atoms with E-state index in [9.17, 15) is 9.59 Å². The van der Waals surface area contributed by atoms with Gasteiger partial charge < -0.3 is 14.2 Å². The first-order chi connectivity index (χ1) is 15.1. The topological polar surface area (TPSA) is 69.4 Å². The van der Waals surface area contributed by atoms with Gasteiger partial charge in [0.15, 0.2) is 0 Å². The van der Waals surface area contributed by atoms with E-state index in [1.807, 2.05) is 41.0 Å². The number of benzene rings is 2. The summed E-state index contributed by atoms with van der Waals surface area (Å²) in [5, 5.41) is 6.14. The fraction of sp³-hybridized carbons (Fsp3) is 0.292. The number of amides is 1. The lowest BCUT2D eigenvalue weighted by molar-refractivity contribution is -0.136. The fourth-order valence-electron chi connectivity index (χ4n) is 4.27. The monoisotopic (exact) mass is 416 g/mol. The van der Waals surface area contributed by atoms with Crippen LogP contribution in [0, 0.1) is 6.92 Å². The molecule has 3 heterocycles. The average Bonchev–Trinajstić information content (AvgIpc) is 3.12. The van der Waals surface area contributed by atoms with Crippen molar-refractivity contribution in [1.82, 2.24) is 19.2 Å². The molecular weight excluding hydrogens is 392 g/mol. The Balaban J connectivity index is 1.62. The van der Waals surface area contributed by atoms with Crippen LogP contribution in [0.5, 0.6) is 0 Å². The summed E-state index contributed by atoms with van der Waals surface area (Å²) >= 11 is 0. The zero-order valence-electron chi connectivity index (χ0n) is 17.5. The third-order valence-electron chi connectivity index (χ3n) is 6.01. The highest BCUT2D eigenvalue weighted by Gasteiger charge is 2.21. The second kappa shape index (κ2) is 8.00. The smallest absolute Gasteiger partial charge is 0.291 e. The maximum Gasteiger partial charge on any atom is 0.291 e. The van der Waals surface area contributed by atoms with E-state index in [0.29, 0.717) is 38.4 Å². The number of aryl methyl sites for hydroxylation is 1. The average molecular weight is 416 g/mol. The molecule has 1 saturated heterocycles. The Morgan fingerprint density at radius 3 is 2.58 bits per heavy atom. The number of hydrogen-bond acceptors (Lipinski definition) is 4. The van der Waals surface area contributed by atoms with Crippen molar-refractivity contribution in [2.24, 2.45) is 0 Å². The highest BCUT2D eigenvalue weighted by atomic mass is 16.5. The maximum atomic E-state index is 13.5. The summed E-state index contributed by atoms with van der Waals surface area (Å²) in [4.78, 5) is 27.9.